The van der Waals surface area contributed by atoms with E-state index in [1.165, 1.54) is 12.1 Å². The molecule has 0 spiro atoms. The molecule has 0 saturated carbocycles. The van der Waals surface area contributed by atoms with Crippen LogP contribution in [-0.4, -0.2) is 11.7 Å². The van der Waals surface area contributed by atoms with Crippen molar-refractivity contribution in [2.24, 2.45) is 5.73 Å². The maximum Gasteiger partial charge on any atom is 0.251 e. The smallest absolute Gasteiger partial charge is 0.251 e. The van der Waals surface area contributed by atoms with E-state index >= 15 is 0 Å². The molecular formula is C29H19F4N3O2. The average molecular weight is 517 g/mol. The SMILES string of the molecule is N=C(N)c1cc(F)c(CNC(=O)c2ccc3c(c2)[C@@H]2O[C@H]3c3ccc(-c4ccc(F)cc4F)cc32)c(F)c1. The third-order valence-corrected chi connectivity index (χ3v) is 6.96. The molecular weight excluding hydrogens is 498 g/mol. The standard InChI is InChI=1S/C29H19F4N3O2/c30-16-3-6-17(25(33)11-16)13-1-4-18-20(7-13)27-21-8-14(2-5-19(21)26(18)38-27)29(37)36-12-22-23(31)9-15(28(34)35)10-24(22)32/h1-11,26-27H,12H2,(H3,34,35)(H,36,37)/t26-,27+/m0/s1. The fraction of sp³-hybridized carbons (Fsp3) is 0.103. The van der Waals surface area contributed by atoms with Gasteiger partial charge < -0.3 is 15.8 Å². The van der Waals surface area contributed by atoms with Crippen molar-refractivity contribution in [3.8, 4) is 11.1 Å². The highest BCUT2D eigenvalue weighted by molar-refractivity contribution is 5.95. The highest BCUT2D eigenvalue weighted by Gasteiger charge is 2.43. The van der Waals surface area contributed by atoms with Crippen LogP contribution in [0.1, 0.15) is 55.9 Å². The van der Waals surface area contributed by atoms with Gasteiger partial charge in [0, 0.05) is 34.9 Å². The van der Waals surface area contributed by atoms with E-state index in [1.807, 2.05) is 12.1 Å². The first-order valence-electron chi connectivity index (χ1n) is 11.7. The van der Waals surface area contributed by atoms with E-state index in [-0.39, 0.29) is 28.4 Å². The molecule has 190 valence electrons. The van der Waals surface area contributed by atoms with Gasteiger partial charge in [0.15, 0.2) is 0 Å². The summed E-state index contributed by atoms with van der Waals surface area (Å²) >= 11 is 0. The largest absolute Gasteiger partial charge is 0.384 e. The van der Waals surface area contributed by atoms with E-state index in [1.54, 1.807) is 24.3 Å². The lowest BCUT2D eigenvalue weighted by molar-refractivity contribution is 0.0857. The summed E-state index contributed by atoms with van der Waals surface area (Å²) < 4.78 is 62.6. The summed E-state index contributed by atoms with van der Waals surface area (Å²) in [4.78, 5) is 12.8. The van der Waals surface area contributed by atoms with E-state index in [0.29, 0.717) is 5.56 Å². The number of nitrogens with one attached hydrogen (secondary N) is 2. The van der Waals surface area contributed by atoms with E-state index in [4.69, 9.17) is 15.9 Å². The fourth-order valence-corrected chi connectivity index (χ4v) is 5.08. The molecule has 0 unspecified atom stereocenters. The van der Waals surface area contributed by atoms with Crippen molar-refractivity contribution in [3.63, 3.8) is 0 Å². The van der Waals surface area contributed by atoms with Gasteiger partial charge in [0.2, 0.25) is 0 Å². The molecule has 2 heterocycles. The molecule has 4 aromatic rings. The Balaban J connectivity index is 1.25. The van der Waals surface area contributed by atoms with Crippen LogP contribution in [0.4, 0.5) is 17.6 Å². The first kappa shape index (κ1) is 23.9. The number of ether oxygens (including phenoxy) is 1. The Morgan fingerprint density at radius 3 is 2.13 bits per heavy atom. The number of nitrogens with two attached hydrogens (primary N) is 1. The molecule has 0 aromatic heterocycles. The molecule has 2 aliphatic rings. The van der Waals surface area contributed by atoms with Crippen molar-refractivity contribution in [3.05, 3.63) is 129 Å². The molecule has 9 heteroatoms. The minimum Gasteiger partial charge on any atom is -0.384 e. The van der Waals surface area contributed by atoms with Gasteiger partial charge >= 0.3 is 0 Å². The van der Waals surface area contributed by atoms with Crippen LogP contribution < -0.4 is 11.1 Å². The summed E-state index contributed by atoms with van der Waals surface area (Å²) in [5, 5.41) is 9.85. The number of hydrogen-bond acceptors (Lipinski definition) is 3. The number of carbonyl (C=O) groups is 1. The van der Waals surface area contributed by atoms with Crippen LogP contribution in [0.5, 0.6) is 0 Å². The number of fused-ring (bicyclic) bond motifs is 8. The number of amidine groups is 1. The van der Waals surface area contributed by atoms with Crippen molar-refractivity contribution in [2.45, 2.75) is 18.8 Å². The number of halogens is 4. The Bertz CT molecular complexity index is 1650. The molecule has 0 radical (unpaired) electrons. The Hall–Kier alpha value is -4.50. The second kappa shape index (κ2) is 8.81. The minimum atomic E-state index is -0.917. The summed E-state index contributed by atoms with van der Waals surface area (Å²) in [7, 11) is 0. The Morgan fingerprint density at radius 2 is 1.45 bits per heavy atom. The first-order chi connectivity index (χ1) is 18.2. The van der Waals surface area contributed by atoms with Gasteiger partial charge in [-0.05, 0) is 70.3 Å². The molecule has 2 aliphatic heterocycles. The number of hydrogen-bond donors (Lipinski definition) is 3. The minimum absolute atomic E-state index is 0.0886. The molecule has 38 heavy (non-hydrogen) atoms. The molecule has 0 saturated heterocycles. The maximum absolute atomic E-state index is 14.4. The van der Waals surface area contributed by atoms with Crippen LogP contribution in [0.25, 0.3) is 11.1 Å². The van der Waals surface area contributed by atoms with Gasteiger partial charge in [-0.1, -0.05) is 18.2 Å². The van der Waals surface area contributed by atoms with Crippen molar-refractivity contribution in [2.75, 3.05) is 0 Å². The van der Waals surface area contributed by atoms with Crippen molar-refractivity contribution < 1.29 is 27.1 Å². The van der Waals surface area contributed by atoms with Crippen LogP contribution in [0.2, 0.25) is 0 Å². The van der Waals surface area contributed by atoms with Crippen molar-refractivity contribution >= 4 is 11.7 Å². The third kappa shape index (κ3) is 3.83. The van der Waals surface area contributed by atoms with E-state index in [0.717, 1.165) is 40.5 Å². The van der Waals surface area contributed by atoms with Gasteiger partial charge in [-0.15, -0.1) is 0 Å². The summed E-state index contributed by atoms with van der Waals surface area (Å²) in [5.41, 5.74) is 9.42. The average Bonchev–Trinajstić information content (AvgIpc) is 3.44. The molecule has 2 bridgehead atoms. The molecule has 5 nitrogen and oxygen atoms in total. The Labute approximate surface area is 214 Å². The summed E-state index contributed by atoms with van der Waals surface area (Å²) in [6.07, 6.45) is -0.813. The zero-order valence-corrected chi connectivity index (χ0v) is 19.6. The van der Waals surface area contributed by atoms with Gasteiger partial charge in [0.05, 0.1) is 0 Å². The summed E-state index contributed by atoms with van der Waals surface area (Å²) in [5.74, 6) is -4.16. The molecule has 2 atom stereocenters. The van der Waals surface area contributed by atoms with Crippen LogP contribution >= 0.6 is 0 Å². The zero-order valence-electron chi connectivity index (χ0n) is 19.6. The van der Waals surface area contributed by atoms with Gasteiger partial charge in [0.25, 0.3) is 5.91 Å². The van der Waals surface area contributed by atoms with Crippen LogP contribution in [0.3, 0.4) is 0 Å². The molecule has 0 fully saturated rings. The normalized spacial score (nSPS) is 16.7. The highest BCUT2D eigenvalue weighted by atomic mass is 19.1. The highest BCUT2D eigenvalue weighted by Crippen LogP contribution is 2.54. The third-order valence-electron chi connectivity index (χ3n) is 6.96. The Morgan fingerprint density at radius 1 is 0.789 bits per heavy atom. The maximum atomic E-state index is 14.4. The first-order valence-corrected chi connectivity index (χ1v) is 11.7. The monoisotopic (exact) mass is 517 g/mol. The molecule has 6 rings (SSSR count). The van der Waals surface area contributed by atoms with Gasteiger partial charge in [-0.2, -0.15) is 0 Å². The molecule has 4 aromatic carbocycles. The number of benzene rings is 4. The van der Waals surface area contributed by atoms with Crippen LogP contribution in [0, 0.1) is 28.7 Å². The predicted octanol–water partition coefficient (Wildman–Crippen LogP) is 5.65. The second-order valence-electron chi connectivity index (χ2n) is 9.22. The summed E-state index contributed by atoms with van der Waals surface area (Å²) in [6, 6.07) is 15.8. The Kier molecular flexibility index (Phi) is 5.53. The van der Waals surface area contributed by atoms with E-state index < -0.39 is 47.7 Å². The van der Waals surface area contributed by atoms with Crippen molar-refractivity contribution in [1.82, 2.24) is 5.32 Å². The van der Waals surface area contributed by atoms with Crippen LogP contribution in [-0.2, 0) is 11.3 Å². The molecule has 1 amide bonds. The number of rotatable bonds is 5. The van der Waals surface area contributed by atoms with E-state index in [9.17, 15) is 22.4 Å². The lowest BCUT2D eigenvalue weighted by Gasteiger charge is -2.18. The lowest BCUT2D eigenvalue weighted by atomic mass is 9.83. The van der Waals surface area contributed by atoms with Gasteiger partial charge in [-0.3, -0.25) is 10.2 Å². The fourth-order valence-electron chi connectivity index (χ4n) is 5.08. The number of amides is 1. The van der Waals surface area contributed by atoms with Gasteiger partial charge in [-0.25, -0.2) is 17.6 Å². The quantitative estimate of drug-likeness (QED) is 0.182. The van der Waals surface area contributed by atoms with Crippen molar-refractivity contribution in [1.29, 1.82) is 5.41 Å². The number of nitrogen functional groups attached to an aromatic ring is 1. The molecule has 4 N–H and O–H groups in total. The second-order valence-corrected chi connectivity index (χ2v) is 9.22. The van der Waals surface area contributed by atoms with E-state index in [2.05, 4.69) is 5.32 Å². The van der Waals surface area contributed by atoms with Crippen LogP contribution in [0.15, 0.2) is 66.7 Å². The lowest BCUT2D eigenvalue weighted by Crippen LogP contribution is -2.24. The topological polar surface area (TPSA) is 88.2 Å². The molecule has 0 aliphatic carbocycles. The number of carbonyl (C=O) groups excluding carboxylic acids is 1. The van der Waals surface area contributed by atoms with Gasteiger partial charge in [0.1, 0.15) is 41.3 Å². The summed E-state index contributed by atoms with van der Waals surface area (Å²) in [6.45, 7) is -0.399. The predicted molar refractivity (Wildman–Crippen MR) is 132 cm³/mol. The zero-order chi connectivity index (χ0) is 26.7.